The number of aliphatic hydroxyl groups excluding tert-OH is 1. The topological polar surface area (TPSA) is 93.4 Å². The van der Waals surface area contributed by atoms with Gasteiger partial charge in [-0.2, -0.15) is 4.98 Å². The lowest BCUT2D eigenvalue weighted by atomic mass is 10.2. The number of halogens is 2. The van der Waals surface area contributed by atoms with E-state index in [2.05, 4.69) is 10.3 Å². The lowest BCUT2D eigenvalue weighted by Gasteiger charge is -2.19. The Bertz CT molecular complexity index is 759. The monoisotopic (exact) mass is 339 g/mol. The van der Waals surface area contributed by atoms with Crippen LogP contribution in [0.5, 0.6) is 0 Å². The number of aromatic nitrogens is 2. The molecule has 2 aromatic rings. The molecule has 0 radical (unpaired) electrons. The van der Waals surface area contributed by atoms with Crippen LogP contribution in [0.2, 0.25) is 0 Å². The Morgan fingerprint density at radius 1 is 1.38 bits per heavy atom. The molecule has 1 heterocycles. The number of carbonyl (C=O) groups is 1. The first-order valence-electron chi connectivity index (χ1n) is 6.90. The summed E-state index contributed by atoms with van der Waals surface area (Å²) in [5, 5.41) is 11.6. The van der Waals surface area contributed by atoms with E-state index in [1.807, 2.05) is 6.07 Å². The molecule has 0 saturated carbocycles. The van der Waals surface area contributed by atoms with Crippen LogP contribution in [0, 0.1) is 0 Å². The first kappa shape index (κ1) is 17.5. The van der Waals surface area contributed by atoms with Gasteiger partial charge >= 0.3 is 11.8 Å². The maximum absolute atomic E-state index is 13.0. The molecule has 1 amide bonds. The maximum atomic E-state index is 13.0. The summed E-state index contributed by atoms with van der Waals surface area (Å²) < 4.78 is 31.4. The molecule has 9 heteroatoms. The molecular formula is C15H15F2N3O4. The van der Waals surface area contributed by atoms with E-state index in [0.29, 0.717) is 11.5 Å². The van der Waals surface area contributed by atoms with Crippen molar-refractivity contribution < 1.29 is 23.4 Å². The normalized spacial score (nSPS) is 12.5. The van der Waals surface area contributed by atoms with E-state index >= 15 is 0 Å². The molecule has 2 N–H and O–H groups in total. The van der Waals surface area contributed by atoms with E-state index in [-0.39, 0.29) is 12.4 Å². The fourth-order valence-corrected chi connectivity index (χ4v) is 1.78. The predicted octanol–water partition coefficient (Wildman–Crippen LogP) is 2.14. The van der Waals surface area contributed by atoms with E-state index in [4.69, 9.17) is 4.74 Å². The second kappa shape index (κ2) is 7.18. The number of amides is 1. The van der Waals surface area contributed by atoms with Crippen molar-refractivity contribution >= 4 is 11.9 Å². The molecule has 0 aliphatic carbocycles. The molecule has 0 saturated heterocycles. The highest BCUT2D eigenvalue weighted by Crippen LogP contribution is 2.24. The van der Waals surface area contributed by atoms with Crippen molar-refractivity contribution in [1.29, 1.82) is 0 Å². The lowest BCUT2D eigenvalue weighted by molar-refractivity contribution is -0.133. The Hall–Kier alpha value is -2.81. The van der Waals surface area contributed by atoms with Crippen molar-refractivity contribution in [3.05, 3.63) is 58.6 Å². The van der Waals surface area contributed by atoms with Crippen molar-refractivity contribution in [2.24, 2.45) is 0 Å². The number of nitrogens with zero attached hydrogens (tertiary/aromatic N) is 2. The molecule has 7 nitrogen and oxygen atoms in total. The third-order valence-corrected chi connectivity index (χ3v) is 2.99. The van der Waals surface area contributed by atoms with Gasteiger partial charge in [-0.1, -0.05) is 30.3 Å². The van der Waals surface area contributed by atoms with Gasteiger partial charge in [-0.05, 0) is 11.6 Å². The largest absolute Gasteiger partial charge is 0.444 e. The van der Waals surface area contributed by atoms with Crippen LogP contribution in [0.3, 0.4) is 0 Å². The summed E-state index contributed by atoms with van der Waals surface area (Å²) in [4.78, 5) is 26.7. The zero-order valence-electron chi connectivity index (χ0n) is 12.6. The summed E-state index contributed by atoms with van der Waals surface area (Å²) >= 11 is 0. The first-order valence-corrected chi connectivity index (χ1v) is 6.90. The number of nitrogens with one attached hydrogen (secondary N) is 1. The average molecular weight is 339 g/mol. The number of rotatable bonds is 5. The third-order valence-electron chi connectivity index (χ3n) is 2.99. The van der Waals surface area contributed by atoms with E-state index in [1.165, 1.54) is 0 Å². The van der Waals surface area contributed by atoms with Gasteiger partial charge in [0, 0.05) is 13.1 Å². The molecule has 1 atom stereocenters. The molecule has 0 unspecified atom stereocenters. The van der Waals surface area contributed by atoms with Gasteiger partial charge in [0.2, 0.25) is 0 Å². The van der Waals surface area contributed by atoms with Crippen LogP contribution in [0.1, 0.15) is 18.7 Å². The van der Waals surface area contributed by atoms with Crippen LogP contribution in [-0.2, 0) is 11.3 Å². The molecular weight excluding hydrogens is 324 g/mol. The lowest BCUT2D eigenvalue weighted by Crippen LogP contribution is -2.36. The fourth-order valence-electron chi connectivity index (χ4n) is 1.78. The Labute approximate surface area is 135 Å². The van der Waals surface area contributed by atoms with Gasteiger partial charge in [0.05, 0.1) is 0 Å². The van der Waals surface area contributed by atoms with Gasteiger partial charge in [-0.15, -0.1) is 0 Å². The van der Waals surface area contributed by atoms with Gasteiger partial charge in [0.25, 0.3) is 5.92 Å². The highest BCUT2D eigenvalue weighted by atomic mass is 19.3. The third kappa shape index (κ3) is 4.59. The van der Waals surface area contributed by atoms with E-state index in [0.717, 1.165) is 17.8 Å². The van der Waals surface area contributed by atoms with Crippen molar-refractivity contribution in [3.63, 3.8) is 0 Å². The summed E-state index contributed by atoms with van der Waals surface area (Å²) in [5.74, 6) is -3.70. The molecule has 1 aromatic carbocycles. The Morgan fingerprint density at radius 3 is 2.62 bits per heavy atom. The average Bonchev–Trinajstić information content (AvgIpc) is 2.53. The summed E-state index contributed by atoms with van der Waals surface area (Å²) in [6.45, 7) is 0.488. The van der Waals surface area contributed by atoms with Crippen LogP contribution in [0.4, 0.5) is 19.4 Å². The number of aliphatic hydroxyl groups is 1. The maximum Gasteiger partial charge on any atom is 0.413 e. The predicted molar refractivity (Wildman–Crippen MR) is 80.6 cm³/mol. The second-order valence-corrected chi connectivity index (χ2v) is 5.02. The zero-order chi connectivity index (χ0) is 17.7. The number of anilines is 1. The van der Waals surface area contributed by atoms with Crippen molar-refractivity contribution in [2.45, 2.75) is 25.7 Å². The minimum Gasteiger partial charge on any atom is -0.444 e. The number of carbonyl (C=O) groups excluding carboxylic acids is 1. The number of hydrogen-bond acceptors (Lipinski definition) is 5. The van der Waals surface area contributed by atoms with Gasteiger partial charge < -0.3 is 9.84 Å². The van der Waals surface area contributed by atoms with Crippen molar-refractivity contribution in [1.82, 2.24) is 9.55 Å². The highest BCUT2D eigenvalue weighted by molar-refractivity contribution is 5.83. The standard InChI is InChI=1S/C15H15F2N3O4/c1-15(16,17)12(21)20-8-7-11(18-13(20)22)19-14(23)24-9-10-5-3-2-4-6-10/h2-8,12,21H,9H2,1H3,(H,18,19,22,23)/t12-/m1/s1. The highest BCUT2D eigenvalue weighted by Gasteiger charge is 2.34. The Balaban J connectivity index is 1.99. The van der Waals surface area contributed by atoms with Crippen LogP contribution in [0.15, 0.2) is 47.4 Å². The molecule has 0 fully saturated rings. The molecule has 24 heavy (non-hydrogen) atoms. The number of hydrogen-bond donors (Lipinski definition) is 2. The first-order chi connectivity index (χ1) is 11.3. The summed E-state index contributed by atoms with van der Waals surface area (Å²) in [6, 6.07) is 10.0. The summed E-state index contributed by atoms with van der Waals surface area (Å²) in [5.41, 5.74) is -0.366. The molecule has 0 aliphatic rings. The summed E-state index contributed by atoms with van der Waals surface area (Å²) in [6.07, 6.45) is -2.30. The molecule has 0 bridgehead atoms. The van der Waals surface area contributed by atoms with Crippen LogP contribution < -0.4 is 11.0 Å². The number of benzene rings is 1. The molecule has 0 aliphatic heterocycles. The van der Waals surface area contributed by atoms with Crippen LogP contribution in [0.25, 0.3) is 0 Å². The van der Waals surface area contributed by atoms with E-state index in [9.17, 15) is 23.5 Å². The second-order valence-electron chi connectivity index (χ2n) is 5.02. The summed E-state index contributed by atoms with van der Waals surface area (Å²) in [7, 11) is 0. The SMILES string of the molecule is CC(F)(F)[C@@H](O)n1ccc(NC(=O)OCc2ccccc2)nc1=O. The molecule has 1 aromatic heterocycles. The Kier molecular flexibility index (Phi) is 5.24. The van der Waals surface area contributed by atoms with Gasteiger partial charge in [0.15, 0.2) is 6.23 Å². The number of ether oxygens (including phenoxy) is 1. The zero-order valence-corrected chi connectivity index (χ0v) is 12.6. The van der Waals surface area contributed by atoms with Gasteiger partial charge in [-0.25, -0.2) is 18.4 Å². The smallest absolute Gasteiger partial charge is 0.413 e. The van der Waals surface area contributed by atoms with E-state index < -0.39 is 23.9 Å². The fraction of sp³-hybridized carbons (Fsp3) is 0.267. The minimum absolute atomic E-state index is 0.0184. The van der Waals surface area contributed by atoms with Crippen molar-refractivity contribution in [2.75, 3.05) is 5.32 Å². The number of alkyl halides is 2. The minimum atomic E-state index is -3.52. The Morgan fingerprint density at radius 2 is 2.04 bits per heavy atom. The van der Waals surface area contributed by atoms with Crippen molar-refractivity contribution in [3.8, 4) is 0 Å². The van der Waals surface area contributed by atoms with E-state index in [1.54, 1.807) is 24.3 Å². The quantitative estimate of drug-likeness (QED) is 0.870. The van der Waals surface area contributed by atoms with Gasteiger partial charge in [0.1, 0.15) is 12.4 Å². The van der Waals surface area contributed by atoms with Crippen LogP contribution >= 0.6 is 0 Å². The van der Waals surface area contributed by atoms with Gasteiger partial charge in [-0.3, -0.25) is 9.88 Å². The van der Waals surface area contributed by atoms with Crippen LogP contribution in [-0.4, -0.2) is 26.7 Å². The molecule has 0 spiro atoms. The molecule has 128 valence electrons. The molecule has 2 rings (SSSR count).